The minimum absolute atomic E-state index is 0.0453. The van der Waals surface area contributed by atoms with Crippen LogP contribution in [0.15, 0.2) is 45.4 Å². The molecule has 128 valence electrons. The molecule has 0 aliphatic carbocycles. The van der Waals surface area contributed by atoms with E-state index in [1.165, 1.54) is 25.5 Å². The number of carbonyl (C=O) groups is 2. The minimum atomic E-state index is -1.23. The van der Waals surface area contributed by atoms with Crippen LogP contribution in [0.1, 0.15) is 20.7 Å². The van der Waals surface area contributed by atoms with Gasteiger partial charge >= 0.3 is 12.0 Å². The number of hydrogen-bond acceptors (Lipinski definition) is 8. The number of carboxylic acid groups (broad SMARTS) is 1. The molecule has 0 spiro atoms. The monoisotopic (exact) mass is 345 g/mol. The van der Waals surface area contributed by atoms with Gasteiger partial charge in [-0.05, 0) is 30.3 Å². The van der Waals surface area contributed by atoms with Crippen molar-refractivity contribution in [1.82, 2.24) is 15.7 Å². The smallest absolute Gasteiger partial charge is 0.440 e. The average molecular weight is 345 g/mol. The molecular weight excluding hydrogens is 334 g/mol. The van der Waals surface area contributed by atoms with Gasteiger partial charge in [0.15, 0.2) is 5.76 Å². The van der Waals surface area contributed by atoms with Gasteiger partial charge in [-0.25, -0.2) is 4.79 Å². The van der Waals surface area contributed by atoms with E-state index in [0.717, 1.165) is 6.07 Å². The van der Waals surface area contributed by atoms with Crippen LogP contribution in [0.3, 0.4) is 0 Å². The molecule has 10 nitrogen and oxygen atoms in total. The molecule has 2 aromatic heterocycles. The Morgan fingerprint density at radius 2 is 2.08 bits per heavy atom. The summed E-state index contributed by atoms with van der Waals surface area (Å²) in [4.78, 5) is 28.1. The molecule has 3 aromatic rings. The molecule has 2 N–H and O–H groups in total. The van der Waals surface area contributed by atoms with Crippen LogP contribution in [-0.4, -0.2) is 34.3 Å². The number of hydroxylamine groups is 1. The van der Waals surface area contributed by atoms with Crippen LogP contribution in [0.2, 0.25) is 0 Å². The predicted molar refractivity (Wildman–Crippen MR) is 80.0 cm³/mol. The summed E-state index contributed by atoms with van der Waals surface area (Å²) >= 11 is 0. The highest BCUT2D eigenvalue weighted by atomic mass is 16.7. The van der Waals surface area contributed by atoms with Gasteiger partial charge in [0.2, 0.25) is 0 Å². The molecule has 0 saturated carbocycles. The van der Waals surface area contributed by atoms with Gasteiger partial charge in [0, 0.05) is 5.56 Å². The average Bonchev–Trinajstić information content (AvgIpc) is 3.30. The van der Waals surface area contributed by atoms with Crippen molar-refractivity contribution in [2.45, 2.75) is 0 Å². The summed E-state index contributed by atoms with van der Waals surface area (Å²) in [5, 5.41) is 16.4. The van der Waals surface area contributed by atoms with E-state index in [2.05, 4.69) is 15.7 Å². The molecule has 0 aliphatic rings. The number of carbonyl (C=O) groups excluding carboxylic acids is 1. The fraction of sp³-hybridized carbons (Fsp3) is 0.0667. The number of furan rings is 1. The Labute approximate surface area is 139 Å². The molecule has 0 aliphatic heterocycles. The second kappa shape index (κ2) is 6.74. The zero-order valence-corrected chi connectivity index (χ0v) is 12.8. The van der Waals surface area contributed by atoms with Crippen LogP contribution in [0, 0.1) is 0 Å². The molecule has 2 heterocycles. The van der Waals surface area contributed by atoms with Crippen molar-refractivity contribution >= 4 is 11.9 Å². The van der Waals surface area contributed by atoms with Crippen molar-refractivity contribution in [1.29, 1.82) is 0 Å². The van der Waals surface area contributed by atoms with Gasteiger partial charge in [0.1, 0.15) is 11.3 Å². The zero-order valence-electron chi connectivity index (χ0n) is 12.8. The van der Waals surface area contributed by atoms with Crippen LogP contribution in [-0.2, 0) is 0 Å². The van der Waals surface area contributed by atoms with Gasteiger partial charge < -0.3 is 23.5 Å². The fourth-order valence-corrected chi connectivity index (χ4v) is 1.92. The summed E-state index contributed by atoms with van der Waals surface area (Å²) in [5.74, 6) is -1.39. The number of aromatic carboxylic acids is 1. The van der Waals surface area contributed by atoms with E-state index >= 15 is 0 Å². The molecule has 0 radical (unpaired) electrons. The van der Waals surface area contributed by atoms with Crippen molar-refractivity contribution in [3.05, 3.63) is 47.7 Å². The van der Waals surface area contributed by atoms with Gasteiger partial charge in [-0.2, -0.15) is 5.48 Å². The highest BCUT2D eigenvalue weighted by molar-refractivity contribution is 5.98. The third-order valence-electron chi connectivity index (χ3n) is 3.06. The molecular formula is C15H11N3O7. The van der Waals surface area contributed by atoms with Crippen LogP contribution < -0.4 is 15.1 Å². The van der Waals surface area contributed by atoms with Crippen molar-refractivity contribution in [2.75, 3.05) is 7.11 Å². The molecule has 3 rings (SSSR count). The predicted octanol–water partition coefficient (Wildman–Crippen LogP) is 1.76. The third kappa shape index (κ3) is 3.42. The first-order chi connectivity index (χ1) is 12.1. The fourth-order valence-electron chi connectivity index (χ4n) is 1.92. The van der Waals surface area contributed by atoms with Crippen LogP contribution in [0.25, 0.3) is 11.7 Å². The number of aromatic nitrogens is 2. The lowest BCUT2D eigenvalue weighted by molar-refractivity contribution is 0.0684. The Hall–Kier alpha value is -3.82. The summed E-state index contributed by atoms with van der Waals surface area (Å²) < 4.78 is 15.1. The lowest BCUT2D eigenvalue weighted by Gasteiger charge is -2.07. The van der Waals surface area contributed by atoms with Crippen molar-refractivity contribution < 1.29 is 33.1 Å². The highest BCUT2D eigenvalue weighted by Crippen LogP contribution is 2.21. The lowest BCUT2D eigenvalue weighted by atomic mass is 10.1. The highest BCUT2D eigenvalue weighted by Gasteiger charge is 2.17. The standard InChI is InChI=1S/C15H11N3O7/c1-22-10-5-4-8(7-9(10)14(20)21)12(19)18-25-15-17-16-13(24-15)11-3-2-6-23-11/h2-7H,1H3,(H,18,19)(H,20,21). The van der Waals surface area contributed by atoms with Crippen LogP contribution in [0.4, 0.5) is 0 Å². The maximum Gasteiger partial charge on any atom is 0.440 e. The van der Waals surface area contributed by atoms with Gasteiger partial charge in [-0.1, -0.05) is 5.10 Å². The molecule has 0 atom stereocenters. The zero-order chi connectivity index (χ0) is 17.8. The van der Waals surface area contributed by atoms with E-state index < -0.39 is 11.9 Å². The Bertz CT molecular complexity index is 902. The summed E-state index contributed by atoms with van der Waals surface area (Å²) in [6, 6.07) is 7.15. The summed E-state index contributed by atoms with van der Waals surface area (Å²) in [7, 11) is 1.33. The number of ether oxygens (including phenoxy) is 1. The topological polar surface area (TPSA) is 137 Å². The first kappa shape index (κ1) is 16.1. The second-order valence-electron chi connectivity index (χ2n) is 4.60. The van der Waals surface area contributed by atoms with Crippen molar-refractivity contribution in [3.63, 3.8) is 0 Å². The van der Waals surface area contributed by atoms with Gasteiger partial charge in [0.25, 0.3) is 11.8 Å². The Kier molecular flexibility index (Phi) is 4.33. The molecule has 0 fully saturated rings. The van der Waals surface area contributed by atoms with E-state index in [1.54, 1.807) is 12.1 Å². The third-order valence-corrected chi connectivity index (χ3v) is 3.06. The first-order valence-electron chi connectivity index (χ1n) is 6.84. The van der Waals surface area contributed by atoms with Crippen molar-refractivity contribution in [3.8, 4) is 23.5 Å². The molecule has 1 aromatic carbocycles. The maximum absolute atomic E-state index is 12.0. The van der Waals surface area contributed by atoms with Crippen molar-refractivity contribution in [2.24, 2.45) is 0 Å². The van der Waals surface area contributed by atoms with Gasteiger partial charge in [-0.15, -0.1) is 5.10 Å². The van der Waals surface area contributed by atoms with Crippen LogP contribution >= 0.6 is 0 Å². The van der Waals surface area contributed by atoms with Gasteiger partial charge in [-0.3, -0.25) is 4.79 Å². The normalized spacial score (nSPS) is 10.3. The number of methoxy groups -OCH3 is 1. The SMILES string of the molecule is COc1ccc(C(=O)NOc2nnc(-c3ccco3)o2)cc1C(=O)O. The number of hydrogen-bond donors (Lipinski definition) is 2. The number of carboxylic acids is 1. The quantitative estimate of drug-likeness (QED) is 0.640. The van der Waals surface area contributed by atoms with E-state index in [0.29, 0.717) is 5.76 Å². The molecule has 25 heavy (non-hydrogen) atoms. The summed E-state index contributed by atoms with van der Waals surface area (Å²) in [5.41, 5.74) is 1.96. The number of nitrogens with one attached hydrogen (secondary N) is 1. The number of benzene rings is 1. The van der Waals surface area contributed by atoms with E-state index in [9.17, 15) is 9.59 Å². The molecule has 10 heteroatoms. The minimum Gasteiger partial charge on any atom is -0.496 e. The largest absolute Gasteiger partial charge is 0.496 e. The Balaban J connectivity index is 1.69. The first-order valence-corrected chi connectivity index (χ1v) is 6.84. The Morgan fingerprint density at radius 1 is 1.24 bits per heavy atom. The second-order valence-corrected chi connectivity index (χ2v) is 4.60. The summed E-state index contributed by atoms with van der Waals surface area (Å²) in [6.07, 6.45) is 1.12. The molecule has 0 unspecified atom stereocenters. The maximum atomic E-state index is 12.0. The van der Waals surface area contributed by atoms with Crippen LogP contribution in [0.5, 0.6) is 11.8 Å². The van der Waals surface area contributed by atoms with E-state index in [1.807, 2.05) is 0 Å². The lowest BCUT2D eigenvalue weighted by Crippen LogP contribution is -2.27. The number of rotatable bonds is 6. The number of amides is 1. The van der Waals surface area contributed by atoms with Gasteiger partial charge in [0.05, 0.1) is 13.4 Å². The number of nitrogens with zero attached hydrogens (tertiary/aromatic N) is 2. The Morgan fingerprint density at radius 3 is 2.76 bits per heavy atom. The van der Waals surface area contributed by atoms with E-state index in [-0.39, 0.29) is 28.8 Å². The van der Waals surface area contributed by atoms with E-state index in [4.69, 9.17) is 23.5 Å². The molecule has 0 saturated heterocycles. The molecule has 1 amide bonds. The summed E-state index contributed by atoms with van der Waals surface area (Å²) in [6.45, 7) is 0. The molecule has 0 bridgehead atoms.